The maximum Gasteiger partial charge on any atom is 1.00 e. The van der Waals surface area contributed by atoms with Crippen LogP contribution < -0.4 is 67.5 Å². The van der Waals surface area contributed by atoms with Gasteiger partial charge in [-0.3, -0.25) is 0 Å². The van der Waals surface area contributed by atoms with E-state index in [0.717, 1.165) is 0 Å². The average molecular weight is 281 g/mol. The quantitative estimate of drug-likeness (QED) is 0.392. The van der Waals surface area contributed by atoms with Gasteiger partial charge in [0.1, 0.15) is 0 Å². The molecule has 0 radical (unpaired) electrons. The molecule has 9 nitrogen and oxygen atoms in total. The van der Waals surface area contributed by atoms with Gasteiger partial charge in [-0.1, -0.05) is 0 Å². The molecule has 0 bridgehead atoms. The van der Waals surface area contributed by atoms with Crippen LogP contribution in [-0.4, -0.2) is 47.3 Å². The van der Waals surface area contributed by atoms with Crippen LogP contribution >= 0.6 is 0 Å². The van der Waals surface area contributed by atoms with E-state index < -0.39 is 14.5 Å². The van der Waals surface area contributed by atoms with Crippen molar-refractivity contribution in [2.45, 2.75) is 0 Å². The van der Waals surface area contributed by atoms with Crippen LogP contribution in [0.2, 0.25) is 0 Å². The summed E-state index contributed by atoms with van der Waals surface area (Å²) in [5.41, 5.74) is 0. The molecule has 0 aromatic heterocycles. The van der Waals surface area contributed by atoms with Crippen molar-refractivity contribution in [2.75, 3.05) is 0 Å². The summed E-state index contributed by atoms with van der Waals surface area (Å²) in [6.07, 6.45) is 0. The van der Waals surface area contributed by atoms with E-state index in [2.05, 4.69) is 0 Å². The molecular weight excluding hydrogens is 269 g/mol. The Morgan fingerprint density at radius 2 is 0.667 bits per heavy atom. The molecule has 12 heavy (non-hydrogen) atoms. The zero-order chi connectivity index (χ0) is 3.58. The molecule has 0 amide bonds. The van der Waals surface area contributed by atoms with Gasteiger partial charge in [0.25, 0.3) is 0 Å². The van der Waals surface area contributed by atoms with Crippen molar-refractivity contribution in [3.05, 3.63) is 0 Å². The van der Waals surface area contributed by atoms with Gasteiger partial charge in [-0.25, -0.2) is 0 Å². The molecule has 12 N–H and O–H groups in total. The number of hydrogen-bond acceptors (Lipinski definition) is 3. The van der Waals surface area contributed by atoms with Gasteiger partial charge >= 0.3 is 85.8 Å². The number of hydrogen-bond donors (Lipinski definition) is 0. The van der Waals surface area contributed by atoms with E-state index in [1.54, 1.807) is 0 Å². The van der Waals surface area contributed by atoms with E-state index in [1.807, 2.05) is 0 Å². The first kappa shape index (κ1) is 94.6. The Bertz CT molecular complexity index is 35.5. The molecule has 12 heteroatoms. The smallest absolute Gasteiger partial charge is 1.00 e. The second-order valence-corrected chi connectivity index (χ2v) is 1.06. The van der Waals surface area contributed by atoms with Crippen molar-refractivity contribution in [3.8, 4) is 0 Å². The molecule has 0 aromatic rings. The number of rotatable bonds is 0. The Morgan fingerprint density at radius 3 is 0.667 bits per heavy atom. The predicted octanol–water partition coefficient (Wildman–Crippen LogP) is -13.8. The molecule has 0 rings (SSSR count). The SMILES string of the molecule is O.O.O.O.O.O.O=[Se]([O-])[O-].[Na+].[Na+]. The second-order valence-electron chi connectivity index (χ2n) is 0.204. The minimum absolute atomic E-state index is 0. The van der Waals surface area contributed by atoms with Crippen molar-refractivity contribution in [2.24, 2.45) is 0 Å². The molecule has 0 aliphatic rings. The Kier molecular flexibility index (Phi) is 591. The monoisotopic (exact) mass is 282 g/mol. The maximum atomic E-state index is 8.54. The standard InChI is InChI=1S/2Na.H2O3Se.6H2O/c;;1-4(2)3;;;;;;/h;;(H2,1,2,3);6*1H2/q2*+1;;;;;;;/p-2. The molecule has 74 valence electrons. The van der Waals surface area contributed by atoms with Crippen LogP contribution in [0.25, 0.3) is 0 Å². The summed E-state index contributed by atoms with van der Waals surface area (Å²) < 4.78 is 25.6. The van der Waals surface area contributed by atoms with Gasteiger partial charge in [0.05, 0.1) is 0 Å². The van der Waals surface area contributed by atoms with Crippen LogP contribution in [0.15, 0.2) is 0 Å². The van der Waals surface area contributed by atoms with Crippen LogP contribution in [0.1, 0.15) is 0 Å². The fourth-order valence-corrected chi connectivity index (χ4v) is 0. The van der Waals surface area contributed by atoms with Crippen LogP contribution in [0.5, 0.6) is 0 Å². The van der Waals surface area contributed by atoms with Gasteiger partial charge < -0.3 is 32.9 Å². The van der Waals surface area contributed by atoms with Gasteiger partial charge in [-0.2, -0.15) is 0 Å². The molecule has 0 aliphatic heterocycles. The Hall–Kier alpha value is 2.00. The average Bonchev–Trinajstić information content (AvgIpc) is 0.811. The van der Waals surface area contributed by atoms with Crippen LogP contribution in [0.3, 0.4) is 0 Å². The normalized spacial score (nSPS) is 2.92. The summed E-state index contributed by atoms with van der Waals surface area (Å²) >= 11 is -3.79. The van der Waals surface area contributed by atoms with E-state index in [9.17, 15) is 0 Å². The molecule has 0 heterocycles. The minimum Gasteiger partial charge on any atom is 1.00 e. The first-order valence-electron chi connectivity index (χ1n) is 0.500. The van der Waals surface area contributed by atoms with Crippen LogP contribution in [0.4, 0.5) is 0 Å². The fourth-order valence-electron chi connectivity index (χ4n) is 0. The third kappa shape index (κ3) is 363. The minimum atomic E-state index is -3.79. The Balaban J connectivity index is -0.00000000161. The summed E-state index contributed by atoms with van der Waals surface area (Å²) in [7, 11) is 0. The molecule has 0 aromatic carbocycles. The van der Waals surface area contributed by atoms with Gasteiger partial charge in [-0.15, -0.1) is 0 Å². The summed E-state index contributed by atoms with van der Waals surface area (Å²) in [6.45, 7) is 0. The molecule has 0 saturated heterocycles. The Labute approximate surface area is 117 Å². The van der Waals surface area contributed by atoms with Crippen LogP contribution in [-0.2, 0) is 3.83 Å². The van der Waals surface area contributed by atoms with E-state index in [0.29, 0.717) is 0 Å². The third-order valence-corrected chi connectivity index (χ3v) is 0. The maximum absolute atomic E-state index is 8.54. The van der Waals surface area contributed by atoms with E-state index >= 15 is 0 Å². The van der Waals surface area contributed by atoms with E-state index in [4.69, 9.17) is 12.2 Å². The zero-order valence-corrected chi connectivity index (χ0v) is 12.3. The molecule has 0 unspecified atom stereocenters. The van der Waals surface area contributed by atoms with Crippen molar-refractivity contribution >= 4 is 14.5 Å². The van der Waals surface area contributed by atoms with E-state index in [1.165, 1.54) is 0 Å². The summed E-state index contributed by atoms with van der Waals surface area (Å²) in [4.78, 5) is 0. The van der Waals surface area contributed by atoms with Crippen molar-refractivity contribution < 1.29 is 104 Å². The van der Waals surface area contributed by atoms with Gasteiger partial charge in [0, 0.05) is 0 Å². The van der Waals surface area contributed by atoms with Crippen molar-refractivity contribution in [1.29, 1.82) is 0 Å². The summed E-state index contributed by atoms with van der Waals surface area (Å²) in [6, 6.07) is 0. The van der Waals surface area contributed by atoms with Crippen LogP contribution in [0, 0.1) is 0 Å². The zero-order valence-electron chi connectivity index (χ0n) is 6.63. The Morgan fingerprint density at radius 1 is 0.667 bits per heavy atom. The first-order chi connectivity index (χ1) is 1.73. The topological polar surface area (TPSA) is 252 Å². The molecular formula is H12Na2O9Se. The summed E-state index contributed by atoms with van der Waals surface area (Å²) in [5, 5.41) is 0. The molecule has 0 saturated carbocycles. The third-order valence-electron chi connectivity index (χ3n) is 0. The fraction of sp³-hybridized carbons (Fsp3) is 0. The molecule has 0 atom stereocenters. The van der Waals surface area contributed by atoms with Gasteiger partial charge in [-0.05, 0) is 0 Å². The molecule has 0 aliphatic carbocycles. The molecule has 0 fully saturated rings. The summed E-state index contributed by atoms with van der Waals surface area (Å²) in [5.74, 6) is 0. The van der Waals surface area contributed by atoms with E-state index in [-0.39, 0.29) is 92.0 Å². The largest absolute Gasteiger partial charge is 1.00 e. The van der Waals surface area contributed by atoms with Gasteiger partial charge in [0.15, 0.2) is 0 Å². The molecule has 0 spiro atoms. The predicted molar refractivity (Wildman–Crippen MR) is 28.1 cm³/mol. The van der Waals surface area contributed by atoms with Crippen molar-refractivity contribution in [1.82, 2.24) is 0 Å². The van der Waals surface area contributed by atoms with Gasteiger partial charge in [0.2, 0.25) is 0 Å². The second kappa shape index (κ2) is 74.9. The first-order valence-corrected chi connectivity index (χ1v) is 2.60. The van der Waals surface area contributed by atoms with Crippen molar-refractivity contribution in [3.63, 3.8) is 0 Å².